The van der Waals surface area contributed by atoms with E-state index in [2.05, 4.69) is 20.4 Å². The predicted molar refractivity (Wildman–Crippen MR) is 82.3 cm³/mol. The molecule has 0 radical (unpaired) electrons. The number of hydrogen-bond donors (Lipinski definition) is 0. The third kappa shape index (κ3) is 2.60. The summed E-state index contributed by atoms with van der Waals surface area (Å²) in [5.41, 5.74) is 0.0176. The van der Waals surface area contributed by atoms with Crippen molar-refractivity contribution in [2.75, 3.05) is 11.4 Å². The number of aromatic nitrogens is 5. The summed E-state index contributed by atoms with van der Waals surface area (Å²) in [5, 5.41) is 16.3. The minimum atomic E-state index is -0.565. The largest absolute Gasteiger partial charge is 0.346 e. The van der Waals surface area contributed by atoms with Gasteiger partial charge in [0.2, 0.25) is 0 Å². The van der Waals surface area contributed by atoms with Crippen molar-refractivity contribution in [3.05, 3.63) is 65.4 Å². The van der Waals surface area contributed by atoms with Gasteiger partial charge in [0.25, 0.3) is 0 Å². The van der Waals surface area contributed by atoms with Crippen LogP contribution in [0.1, 0.15) is 17.2 Å². The standard InChI is InChI=1S/C16H14F2N6/c17-12-3-1-4-13(18)11(12)9-15-21-22-16-10-23(7-8-24(15)16)14-5-2-6-19-20-14/h1-6H,7-10H2. The fraction of sp³-hybridized carbons (Fsp3) is 0.250. The summed E-state index contributed by atoms with van der Waals surface area (Å²) in [4.78, 5) is 2.05. The molecule has 3 heterocycles. The summed E-state index contributed by atoms with van der Waals surface area (Å²) in [6.07, 6.45) is 1.70. The summed E-state index contributed by atoms with van der Waals surface area (Å²) in [7, 11) is 0. The molecule has 0 bridgehead atoms. The van der Waals surface area contributed by atoms with E-state index in [-0.39, 0.29) is 12.0 Å². The zero-order chi connectivity index (χ0) is 16.5. The number of benzene rings is 1. The number of anilines is 1. The normalized spacial score (nSPS) is 13.8. The summed E-state index contributed by atoms with van der Waals surface area (Å²) < 4.78 is 29.6. The highest BCUT2D eigenvalue weighted by Crippen LogP contribution is 2.21. The zero-order valence-electron chi connectivity index (χ0n) is 12.7. The van der Waals surface area contributed by atoms with Crippen LogP contribution in [0.2, 0.25) is 0 Å². The highest BCUT2D eigenvalue weighted by molar-refractivity contribution is 5.37. The first-order valence-corrected chi connectivity index (χ1v) is 7.59. The topological polar surface area (TPSA) is 59.7 Å². The molecule has 0 saturated heterocycles. The van der Waals surface area contributed by atoms with Crippen LogP contribution in [0.3, 0.4) is 0 Å². The molecule has 24 heavy (non-hydrogen) atoms. The number of halogens is 2. The first-order valence-electron chi connectivity index (χ1n) is 7.59. The molecule has 6 nitrogen and oxygen atoms in total. The smallest absolute Gasteiger partial charge is 0.152 e. The molecule has 1 aliphatic rings. The van der Waals surface area contributed by atoms with E-state index in [1.54, 1.807) is 6.20 Å². The van der Waals surface area contributed by atoms with Crippen LogP contribution in [0.5, 0.6) is 0 Å². The first kappa shape index (κ1) is 14.7. The second kappa shape index (κ2) is 5.95. The summed E-state index contributed by atoms with van der Waals surface area (Å²) in [5.74, 6) is 0.952. The summed E-state index contributed by atoms with van der Waals surface area (Å²) in [6.45, 7) is 1.87. The summed E-state index contributed by atoms with van der Waals surface area (Å²) in [6, 6.07) is 7.57. The van der Waals surface area contributed by atoms with E-state index in [0.29, 0.717) is 25.5 Å². The second-order valence-electron chi connectivity index (χ2n) is 5.56. The van der Waals surface area contributed by atoms with Gasteiger partial charge in [-0.05, 0) is 24.3 Å². The minimum Gasteiger partial charge on any atom is -0.346 e. The van der Waals surface area contributed by atoms with Gasteiger partial charge in [0.15, 0.2) is 11.6 Å². The van der Waals surface area contributed by atoms with Crippen molar-refractivity contribution < 1.29 is 8.78 Å². The Morgan fingerprint density at radius 1 is 0.958 bits per heavy atom. The molecule has 1 aliphatic heterocycles. The fourth-order valence-corrected chi connectivity index (χ4v) is 2.87. The lowest BCUT2D eigenvalue weighted by Gasteiger charge is -2.28. The average Bonchev–Trinajstić information content (AvgIpc) is 3.01. The van der Waals surface area contributed by atoms with E-state index in [0.717, 1.165) is 11.6 Å². The molecule has 1 aromatic carbocycles. The van der Waals surface area contributed by atoms with E-state index >= 15 is 0 Å². The molecule has 0 unspecified atom stereocenters. The van der Waals surface area contributed by atoms with Gasteiger partial charge in [-0.15, -0.1) is 15.3 Å². The second-order valence-corrected chi connectivity index (χ2v) is 5.56. The SMILES string of the molecule is Fc1cccc(F)c1Cc1nnc2n1CCN(c1cccnn1)C2. The van der Waals surface area contributed by atoms with Gasteiger partial charge in [-0.2, -0.15) is 5.10 Å². The lowest BCUT2D eigenvalue weighted by molar-refractivity contribution is 0.529. The average molecular weight is 328 g/mol. The highest BCUT2D eigenvalue weighted by atomic mass is 19.1. The van der Waals surface area contributed by atoms with E-state index < -0.39 is 11.6 Å². The molecule has 122 valence electrons. The molecule has 8 heteroatoms. The third-order valence-corrected chi connectivity index (χ3v) is 4.11. The molecule has 0 aliphatic carbocycles. The molecule has 0 spiro atoms. The number of hydrogen-bond acceptors (Lipinski definition) is 5. The molecule has 2 aromatic heterocycles. The van der Waals surface area contributed by atoms with Gasteiger partial charge in [-0.1, -0.05) is 6.07 Å². The molecular weight excluding hydrogens is 314 g/mol. The van der Waals surface area contributed by atoms with Gasteiger partial charge in [-0.25, -0.2) is 8.78 Å². The van der Waals surface area contributed by atoms with Crippen molar-refractivity contribution in [1.82, 2.24) is 25.0 Å². The van der Waals surface area contributed by atoms with Crippen molar-refractivity contribution in [2.45, 2.75) is 19.5 Å². The van der Waals surface area contributed by atoms with Gasteiger partial charge in [0.1, 0.15) is 17.5 Å². The Balaban J connectivity index is 1.59. The maximum atomic E-state index is 13.8. The molecule has 0 saturated carbocycles. The van der Waals surface area contributed by atoms with Gasteiger partial charge in [-0.3, -0.25) is 0 Å². The van der Waals surface area contributed by atoms with Crippen LogP contribution in [0.25, 0.3) is 0 Å². The predicted octanol–water partition coefficient (Wildman–Crippen LogP) is 1.96. The Hall–Kier alpha value is -2.90. The molecule has 0 amide bonds. The summed E-state index contributed by atoms with van der Waals surface area (Å²) >= 11 is 0. The van der Waals surface area contributed by atoms with E-state index in [4.69, 9.17) is 0 Å². The van der Waals surface area contributed by atoms with Crippen LogP contribution in [-0.4, -0.2) is 31.5 Å². The molecule has 3 aromatic rings. The molecule has 0 N–H and O–H groups in total. The third-order valence-electron chi connectivity index (χ3n) is 4.11. The van der Waals surface area contributed by atoms with Gasteiger partial charge in [0, 0.05) is 31.3 Å². The number of nitrogens with zero attached hydrogens (tertiary/aromatic N) is 6. The van der Waals surface area contributed by atoms with Crippen molar-refractivity contribution >= 4 is 5.82 Å². The first-order chi connectivity index (χ1) is 11.7. The van der Waals surface area contributed by atoms with Gasteiger partial charge < -0.3 is 9.47 Å². The van der Waals surface area contributed by atoms with Gasteiger partial charge >= 0.3 is 0 Å². The van der Waals surface area contributed by atoms with Crippen LogP contribution in [0, 0.1) is 11.6 Å². The quantitative estimate of drug-likeness (QED) is 0.735. The Labute approximate surface area is 136 Å². The maximum Gasteiger partial charge on any atom is 0.152 e. The Morgan fingerprint density at radius 3 is 2.54 bits per heavy atom. The minimum absolute atomic E-state index is 0.0176. The molecular formula is C16H14F2N6. The van der Waals surface area contributed by atoms with Crippen molar-refractivity contribution in [3.63, 3.8) is 0 Å². The lowest BCUT2D eigenvalue weighted by atomic mass is 10.1. The monoisotopic (exact) mass is 328 g/mol. The fourth-order valence-electron chi connectivity index (χ4n) is 2.87. The number of rotatable bonds is 3. The zero-order valence-corrected chi connectivity index (χ0v) is 12.7. The van der Waals surface area contributed by atoms with E-state index in [9.17, 15) is 8.78 Å². The van der Waals surface area contributed by atoms with Crippen molar-refractivity contribution in [1.29, 1.82) is 0 Å². The molecule has 0 atom stereocenters. The van der Waals surface area contributed by atoms with Crippen LogP contribution in [0.4, 0.5) is 14.6 Å². The van der Waals surface area contributed by atoms with E-state index in [1.807, 2.05) is 21.6 Å². The highest BCUT2D eigenvalue weighted by Gasteiger charge is 2.23. The van der Waals surface area contributed by atoms with Gasteiger partial charge in [0.05, 0.1) is 6.54 Å². The lowest BCUT2D eigenvalue weighted by Crippen LogP contribution is -2.35. The molecule has 4 rings (SSSR count). The van der Waals surface area contributed by atoms with Crippen molar-refractivity contribution in [3.8, 4) is 0 Å². The van der Waals surface area contributed by atoms with E-state index in [1.165, 1.54) is 18.2 Å². The van der Waals surface area contributed by atoms with Crippen LogP contribution >= 0.6 is 0 Å². The Kier molecular flexibility index (Phi) is 3.64. The van der Waals surface area contributed by atoms with Crippen LogP contribution in [0.15, 0.2) is 36.5 Å². The molecule has 0 fully saturated rings. The Morgan fingerprint density at radius 2 is 1.79 bits per heavy atom. The maximum absolute atomic E-state index is 13.8. The van der Waals surface area contributed by atoms with Crippen LogP contribution in [-0.2, 0) is 19.5 Å². The Bertz CT molecular complexity index is 844. The number of fused-ring (bicyclic) bond motifs is 1. The van der Waals surface area contributed by atoms with Crippen molar-refractivity contribution in [2.24, 2.45) is 0 Å². The van der Waals surface area contributed by atoms with Crippen LogP contribution < -0.4 is 4.90 Å².